The van der Waals surface area contributed by atoms with Crippen molar-refractivity contribution in [2.75, 3.05) is 46.8 Å². The second-order valence-corrected chi connectivity index (χ2v) is 24.6. The van der Waals surface area contributed by atoms with Crippen molar-refractivity contribution in [1.29, 1.82) is 0 Å². The van der Waals surface area contributed by atoms with E-state index in [0.717, 1.165) is 3.61 Å². The summed E-state index contributed by atoms with van der Waals surface area (Å²) in [5.41, 5.74) is 0. The number of rotatable bonds is 10. The van der Waals surface area contributed by atoms with Crippen molar-refractivity contribution in [2.24, 2.45) is 0 Å². The molecule has 21 heterocycles. The van der Waals surface area contributed by atoms with E-state index in [-0.39, 0.29) is 4.47 Å². The molecule has 0 saturated carbocycles. The van der Waals surface area contributed by atoms with Crippen LogP contribution in [0, 0.1) is 0 Å². The Morgan fingerprint density at radius 2 is 0.471 bits per heavy atom. The van der Waals surface area contributed by atoms with Crippen LogP contribution in [0.4, 0.5) is 0 Å². The predicted molar refractivity (Wildman–Crippen MR) is 265 cm³/mol. The van der Waals surface area contributed by atoms with Gasteiger partial charge in [0.25, 0.3) is 0 Å². The Morgan fingerprint density at radius 1 is 0.282 bits per heavy atom. The first kappa shape index (κ1) is 67.8. The van der Waals surface area contributed by atoms with Gasteiger partial charge in [0, 0.05) is 0 Å². The Bertz CT molecular complexity index is 2200. The van der Waals surface area contributed by atoms with E-state index >= 15 is 0 Å². The first-order valence-electron chi connectivity index (χ1n) is 27.2. The van der Waals surface area contributed by atoms with E-state index < -0.39 is 276 Å². The number of hydrogen-bond acceptors (Lipinski definition) is 35. The topological polar surface area (TPSA) is 543 Å². The van der Waals surface area contributed by atoms with Gasteiger partial charge in [0.1, 0.15) is 61.0 Å². The minimum atomic E-state index is -2.21. The SMILES string of the molecule is COc1ccc([Te]CC2O[C@@H]3O[C@@H]4C(CO)O[C@H](O[C@@H]5C(CO)O[C@H](O[C@@H]6C(CO)O[C@@H](O[C@@H]7C(CO)O[C@H](O[C@@H]8C(CO)O[C@H](O[C@@H]9C(CO)O[C@H](O[C@H]2C(O)C3O)C(O)C9O)C(O)C8O)C(O)C7O)C(O)C6O)C(O)C5O)C(O)C4O)cc1. The number of aliphatic hydroxyl groups excluding tert-OH is 20. The van der Waals surface area contributed by atoms with Crippen molar-refractivity contribution < 1.29 is 173 Å². The van der Waals surface area contributed by atoms with Crippen LogP contribution in [0.5, 0.6) is 5.75 Å². The molecule has 21 unspecified atom stereocenters. The van der Waals surface area contributed by atoms with Crippen LogP contribution in [0.15, 0.2) is 24.3 Å². The number of hydrogen-bond donors (Lipinski definition) is 20. The fourth-order valence-corrected chi connectivity index (χ4v) is 14.0. The van der Waals surface area contributed by atoms with Gasteiger partial charge >= 0.3 is 303 Å². The summed E-state index contributed by atoms with van der Waals surface area (Å²) in [5.74, 6) is 0.533. The molecule has 20 N–H and O–H groups in total. The number of ether oxygens (including phenoxy) is 15. The molecule has 35 nitrogen and oxygen atoms in total. The Labute approximate surface area is 492 Å². The van der Waals surface area contributed by atoms with E-state index in [1.165, 1.54) is 7.11 Å². The molecule has 35 atom stereocenters. The quantitative estimate of drug-likeness (QED) is 0.0967. The molecule has 14 bridgehead atoms. The van der Waals surface area contributed by atoms with Crippen LogP contribution in [-0.2, 0) is 66.3 Å². The van der Waals surface area contributed by atoms with E-state index in [0.29, 0.717) is 5.75 Å². The summed E-state index contributed by atoms with van der Waals surface area (Å²) < 4.78 is 87.8. The molecule has 36 heteroatoms. The van der Waals surface area contributed by atoms with Crippen molar-refractivity contribution in [3.8, 4) is 5.75 Å². The fraction of sp³-hybridized carbons (Fsp3) is 0.878. The van der Waals surface area contributed by atoms with Crippen molar-refractivity contribution in [2.45, 2.75) is 219 Å². The van der Waals surface area contributed by atoms with Crippen LogP contribution in [0.2, 0.25) is 4.47 Å². The van der Waals surface area contributed by atoms with Gasteiger partial charge in [-0.15, -0.1) is 0 Å². The van der Waals surface area contributed by atoms with Crippen LogP contribution < -0.4 is 8.35 Å². The van der Waals surface area contributed by atoms with Crippen LogP contribution in [0.1, 0.15) is 0 Å². The molecule has 0 spiro atoms. The van der Waals surface area contributed by atoms with Gasteiger partial charge in [-0.25, -0.2) is 0 Å². The third kappa shape index (κ3) is 14.0. The molecule has 21 aliphatic rings. The second kappa shape index (κ2) is 29.4. The summed E-state index contributed by atoms with van der Waals surface area (Å²) in [4.78, 5) is 0. The number of aliphatic hydroxyl groups is 20. The van der Waals surface area contributed by atoms with Gasteiger partial charge in [-0.2, -0.15) is 0 Å². The Morgan fingerprint density at radius 3 is 0.659 bits per heavy atom. The van der Waals surface area contributed by atoms with Crippen LogP contribution in [-0.4, -0.2) is 385 Å². The van der Waals surface area contributed by atoms with E-state index in [9.17, 15) is 102 Å². The summed E-state index contributed by atoms with van der Waals surface area (Å²) >= 11 is -1.36. The summed E-state index contributed by atoms with van der Waals surface area (Å²) in [6.07, 6.45) is -68.9. The number of benzene rings is 1. The monoisotopic (exact) mass is 1350 g/mol. The van der Waals surface area contributed by atoms with Crippen LogP contribution >= 0.6 is 0 Å². The van der Waals surface area contributed by atoms with Gasteiger partial charge in [-0.05, 0) is 0 Å². The molecule has 21 fully saturated rings. The maximum atomic E-state index is 11.9. The molecule has 0 amide bonds. The van der Waals surface area contributed by atoms with Crippen molar-refractivity contribution >= 4 is 24.5 Å². The molecule has 488 valence electrons. The minimum absolute atomic E-state index is 0.0340. The van der Waals surface area contributed by atoms with E-state index in [1.807, 2.05) is 0 Å². The summed E-state index contributed by atoms with van der Waals surface area (Å²) in [6, 6.07) is 6.89. The molecule has 0 aliphatic carbocycles. The van der Waals surface area contributed by atoms with Crippen molar-refractivity contribution in [3.05, 3.63) is 24.3 Å². The van der Waals surface area contributed by atoms with Gasteiger partial charge < -0.3 is 84.6 Å². The summed E-state index contributed by atoms with van der Waals surface area (Å²) in [5, 5.41) is 224. The van der Waals surface area contributed by atoms with Gasteiger partial charge in [-0.3, -0.25) is 0 Å². The molecular weight excluding hydrogens is 1280 g/mol. The van der Waals surface area contributed by atoms with Crippen molar-refractivity contribution in [1.82, 2.24) is 0 Å². The van der Waals surface area contributed by atoms with Gasteiger partial charge in [0.05, 0.1) is 26.4 Å². The average molecular weight is 1350 g/mol. The standard InChI is InChI=1S/C49H76O35Te/c1-70-13-2-4-14(5-3-13)85-12-21-42-28(62)35(69)49(77-21)83-41-20(11-55)75-47(33(67)26(41)60)81-39-18(9-53)73-45(31(65)24(39)58)79-37-16(7-51)71-43(29(63)22(37)56)78-36-15(6-50)72-44(30(64)23(36)57)80-38-17(8-52)74-46(32(66)25(38)59)82-40-19(10-54)76-48(84-42)34(68)27(40)61/h2-5,15-69H,6-12H2,1H3/t15?,16?,17?,18?,19?,20?,21?,22?,23?,24?,25?,26?,27?,28?,29?,30?,31?,32?,33?,34?,35?,36-,37-,38-,39-,40-,41-,42-,43+,44-,45-,46-,47-,48-,49-/m1/s1. The van der Waals surface area contributed by atoms with Gasteiger partial charge in [-0.1, -0.05) is 0 Å². The second-order valence-electron chi connectivity index (χ2n) is 21.5. The molecule has 21 saturated heterocycles. The van der Waals surface area contributed by atoms with Gasteiger partial charge in [0.2, 0.25) is 0 Å². The van der Waals surface area contributed by atoms with Gasteiger partial charge in [0.15, 0.2) is 18.9 Å². The first-order valence-corrected chi connectivity index (χ1v) is 30.0. The molecular formula is C49H76O35Te. The molecule has 0 radical (unpaired) electrons. The predicted octanol–water partition coefficient (Wildman–Crippen LogP) is -13.8. The molecule has 22 rings (SSSR count). The summed E-state index contributed by atoms with van der Waals surface area (Å²) in [6.45, 7) is -6.19. The zero-order valence-electron chi connectivity index (χ0n) is 44.9. The van der Waals surface area contributed by atoms with E-state index in [4.69, 9.17) is 71.1 Å². The Kier molecular flexibility index (Phi) is 23.4. The molecule has 21 aliphatic heterocycles. The average Bonchev–Trinajstić information content (AvgIpc) is 2.39. The fourth-order valence-electron chi connectivity index (χ4n) is 11.3. The molecule has 1 aromatic rings. The van der Waals surface area contributed by atoms with E-state index in [2.05, 4.69) is 0 Å². The third-order valence-corrected chi connectivity index (χ3v) is 19.2. The van der Waals surface area contributed by atoms with E-state index in [1.54, 1.807) is 24.3 Å². The molecule has 85 heavy (non-hydrogen) atoms. The molecule has 1 aromatic carbocycles. The third-order valence-electron chi connectivity index (χ3n) is 16.1. The zero-order chi connectivity index (χ0) is 61.5. The normalized spacial score (nSPS) is 51.2. The maximum absolute atomic E-state index is 11.9. The van der Waals surface area contributed by atoms with Crippen molar-refractivity contribution in [3.63, 3.8) is 0 Å². The van der Waals surface area contributed by atoms with Crippen LogP contribution in [0.3, 0.4) is 0 Å². The van der Waals surface area contributed by atoms with Crippen LogP contribution in [0.25, 0.3) is 0 Å². The molecule has 0 aromatic heterocycles. The first-order chi connectivity index (χ1) is 40.6. The zero-order valence-corrected chi connectivity index (χ0v) is 47.3. The Balaban J connectivity index is 1.02. The Hall–Kier alpha value is -1.55. The number of methoxy groups -OCH3 is 1. The summed E-state index contributed by atoms with van der Waals surface area (Å²) in [7, 11) is 1.47.